The standard InChI is InChI=1S/C6H10NO4PS/c1-9-6-7-4-5(13-6)12(8,10-2)11-3/h4H,1-3H3. The van der Waals surface area contributed by atoms with Gasteiger partial charge in [-0.3, -0.25) is 4.57 Å². The van der Waals surface area contributed by atoms with E-state index in [1.54, 1.807) is 0 Å². The maximum atomic E-state index is 11.8. The van der Waals surface area contributed by atoms with Gasteiger partial charge in [-0.2, -0.15) is 0 Å². The van der Waals surface area contributed by atoms with Crippen molar-refractivity contribution in [3.63, 3.8) is 0 Å². The average Bonchev–Trinajstić information content (AvgIpc) is 2.65. The van der Waals surface area contributed by atoms with Gasteiger partial charge in [-0.25, -0.2) is 4.98 Å². The summed E-state index contributed by atoms with van der Waals surface area (Å²) in [5, 5.41) is 0.435. The Bertz CT molecular complexity index is 318. The molecule has 0 aliphatic rings. The lowest BCUT2D eigenvalue weighted by Crippen LogP contribution is -2.02. The van der Waals surface area contributed by atoms with Crippen LogP contribution in [-0.4, -0.2) is 26.3 Å². The summed E-state index contributed by atoms with van der Waals surface area (Å²) < 4.78 is 26.6. The Hall–Kier alpha value is -0.420. The van der Waals surface area contributed by atoms with Crippen LogP contribution in [0.2, 0.25) is 0 Å². The molecule has 0 amide bonds. The molecule has 0 radical (unpaired) electrons. The van der Waals surface area contributed by atoms with E-state index in [0.717, 1.165) is 11.3 Å². The van der Waals surface area contributed by atoms with Gasteiger partial charge in [0, 0.05) is 14.2 Å². The Morgan fingerprint density at radius 1 is 1.38 bits per heavy atom. The van der Waals surface area contributed by atoms with Crippen LogP contribution in [0.5, 0.6) is 5.19 Å². The molecule has 74 valence electrons. The summed E-state index contributed by atoms with van der Waals surface area (Å²) in [4.78, 5) is 3.86. The predicted octanol–water partition coefficient (Wildman–Crippen LogP) is 1.26. The Balaban J connectivity index is 2.99. The Kier molecular flexibility index (Phi) is 3.44. The first-order chi connectivity index (χ1) is 6.16. The molecule has 0 aliphatic carbocycles. The fraction of sp³-hybridized carbons (Fsp3) is 0.500. The molecular weight excluding hydrogens is 213 g/mol. The summed E-state index contributed by atoms with van der Waals surface area (Å²) in [6.07, 6.45) is 1.43. The normalized spacial score (nSPS) is 11.6. The van der Waals surface area contributed by atoms with Crippen molar-refractivity contribution in [1.29, 1.82) is 0 Å². The minimum absolute atomic E-state index is 0.435. The monoisotopic (exact) mass is 223 g/mol. The maximum absolute atomic E-state index is 11.8. The van der Waals surface area contributed by atoms with Crippen LogP contribution in [0.1, 0.15) is 0 Å². The highest BCUT2D eigenvalue weighted by Gasteiger charge is 2.27. The highest BCUT2D eigenvalue weighted by atomic mass is 32.1. The molecule has 0 fully saturated rings. The predicted molar refractivity (Wildman–Crippen MR) is 49.9 cm³/mol. The Morgan fingerprint density at radius 3 is 2.38 bits per heavy atom. The third-order valence-corrected chi connectivity index (χ3v) is 4.72. The van der Waals surface area contributed by atoms with Gasteiger partial charge < -0.3 is 13.8 Å². The van der Waals surface area contributed by atoms with Gasteiger partial charge in [-0.05, 0) is 0 Å². The number of thiazole rings is 1. The topological polar surface area (TPSA) is 57.7 Å². The van der Waals surface area contributed by atoms with Gasteiger partial charge in [0.2, 0.25) is 0 Å². The summed E-state index contributed by atoms with van der Waals surface area (Å²) in [7, 11) is 1.00. The van der Waals surface area contributed by atoms with Crippen LogP contribution in [0, 0.1) is 0 Å². The minimum Gasteiger partial charge on any atom is -0.473 e. The molecule has 0 aromatic carbocycles. The van der Waals surface area contributed by atoms with Gasteiger partial charge in [0.05, 0.1) is 13.3 Å². The number of hydrogen-bond acceptors (Lipinski definition) is 6. The van der Waals surface area contributed by atoms with Crippen molar-refractivity contribution >= 4 is 23.6 Å². The van der Waals surface area contributed by atoms with E-state index in [0.29, 0.717) is 9.81 Å². The van der Waals surface area contributed by atoms with E-state index in [9.17, 15) is 4.57 Å². The van der Waals surface area contributed by atoms with Crippen molar-refractivity contribution in [3.8, 4) is 5.19 Å². The van der Waals surface area contributed by atoms with Gasteiger partial charge in [0.25, 0.3) is 5.19 Å². The van der Waals surface area contributed by atoms with Crippen molar-refractivity contribution in [3.05, 3.63) is 6.20 Å². The van der Waals surface area contributed by atoms with Crippen LogP contribution >= 0.6 is 18.9 Å². The number of ether oxygens (including phenoxy) is 1. The smallest absolute Gasteiger partial charge is 0.372 e. The van der Waals surface area contributed by atoms with E-state index in [-0.39, 0.29) is 0 Å². The molecule has 0 saturated carbocycles. The summed E-state index contributed by atoms with van der Waals surface area (Å²) in [6, 6.07) is 0. The van der Waals surface area contributed by atoms with Crippen molar-refractivity contribution < 1.29 is 18.3 Å². The van der Waals surface area contributed by atoms with E-state index in [2.05, 4.69) is 4.98 Å². The van der Waals surface area contributed by atoms with Crippen LogP contribution in [0.4, 0.5) is 0 Å². The molecule has 0 N–H and O–H groups in total. The van der Waals surface area contributed by atoms with Gasteiger partial charge in [-0.15, -0.1) is 0 Å². The van der Waals surface area contributed by atoms with E-state index in [1.165, 1.54) is 27.5 Å². The number of hydrogen-bond donors (Lipinski definition) is 0. The van der Waals surface area contributed by atoms with Crippen LogP contribution in [0.15, 0.2) is 6.20 Å². The van der Waals surface area contributed by atoms with Gasteiger partial charge in [0.15, 0.2) is 0 Å². The molecule has 1 aromatic rings. The summed E-state index contributed by atoms with van der Waals surface area (Å²) >= 11 is 1.14. The van der Waals surface area contributed by atoms with Crippen molar-refractivity contribution in [1.82, 2.24) is 4.98 Å². The number of nitrogens with zero attached hydrogens (tertiary/aromatic N) is 1. The van der Waals surface area contributed by atoms with Gasteiger partial charge in [-0.1, -0.05) is 11.3 Å². The molecule has 1 aromatic heterocycles. The lowest BCUT2D eigenvalue weighted by atomic mass is 11.0. The quantitative estimate of drug-likeness (QED) is 0.719. The Labute approximate surface area is 80.2 Å². The SMILES string of the molecule is COc1ncc(P(=O)(OC)OC)s1. The van der Waals surface area contributed by atoms with Crippen molar-refractivity contribution in [2.24, 2.45) is 0 Å². The van der Waals surface area contributed by atoms with E-state index < -0.39 is 7.60 Å². The number of methoxy groups -OCH3 is 1. The van der Waals surface area contributed by atoms with Gasteiger partial charge >= 0.3 is 7.60 Å². The first-order valence-corrected chi connectivity index (χ1v) is 5.74. The molecule has 0 unspecified atom stereocenters. The van der Waals surface area contributed by atoms with Crippen molar-refractivity contribution in [2.45, 2.75) is 0 Å². The van der Waals surface area contributed by atoms with Crippen LogP contribution in [0.3, 0.4) is 0 Å². The first kappa shape index (κ1) is 10.7. The molecule has 13 heavy (non-hydrogen) atoms. The third kappa shape index (κ3) is 2.08. The van der Waals surface area contributed by atoms with Crippen molar-refractivity contribution in [2.75, 3.05) is 21.3 Å². The molecule has 0 atom stereocenters. The van der Waals surface area contributed by atoms with E-state index in [1.807, 2.05) is 0 Å². The zero-order valence-corrected chi connectivity index (χ0v) is 9.22. The maximum Gasteiger partial charge on any atom is 0.372 e. The molecular formula is C6H10NO4PS. The highest BCUT2D eigenvalue weighted by Crippen LogP contribution is 2.47. The van der Waals surface area contributed by atoms with E-state index >= 15 is 0 Å². The second-order valence-corrected chi connectivity index (χ2v) is 5.53. The molecule has 5 nitrogen and oxygen atoms in total. The minimum atomic E-state index is -3.15. The molecule has 0 saturated heterocycles. The van der Waals surface area contributed by atoms with E-state index in [4.69, 9.17) is 13.8 Å². The molecule has 1 rings (SSSR count). The van der Waals surface area contributed by atoms with Crippen LogP contribution < -0.4 is 9.36 Å². The molecule has 1 heterocycles. The van der Waals surface area contributed by atoms with Crippen LogP contribution in [0.25, 0.3) is 0 Å². The van der Waals surface area contributed by atoms with Gasteiger partial charge in [0.1, 0.15) is 4.62 Å². The highest BCUT2D eigenvalue weighted by molar-refractivity contribution is 7.68. The lowest BCUT2D eigenvalue weighted by Gasteiger charge is -2.09. The fourth-order valence-corrected chi connectivity index (χ4v) is 3.04. The molecule has 7 heteroatoms. The third-order valence-electron chi connectivity index (χ3n) is 1.40. The number of rotatable bonds is 4. The fourth-order valence-electron chi connectivity index (χ4n) is 0.726. The Morgan fingerprint density at radius 2 is 2.00 bits per heavy atom. The molecule has 0 aliphatic heterocycles. The zero-order chi connectivity index (χ0) is 9.90. The second-order valence-electron chi connectivity index (χ2n) is 2.03. The summed E-state index contributed by atoms with van der Waals surface area (Å²) in [6.45, 7) is 0. The molecule has 0 bridgehead atoms. The first-order valence-electron chi connectivity index (χ1n) is 3.38. The molecule has 0 spiro atoms. The second kappa shape index (κ2) is 4.19. The largest absolute Gasteiger partial charge is 0.473 e. The number of aromatic nitrogens is 1. The lowest BCUT2D eigenvalue weighted by molar-refractivity contribution is 0.288. The average molecular weight is 223 g/mol. The summed E-state index contributed by atoms with van der Waals surface area (Å²) in [5.74, 6) is 0. The zero-order valence-electron chi connectivity index (χ0n) is 7.51. The van der Waals surface area contributed by atoms with Crippen LogP contribution in [-0.2, 0) is 13.6 Å². The summed E-state index contributed by atoms with van der Waals surface area (Å²) in [5.41, 5.74) is 0.